The topological polar surface area (TPSA) is 65.8 Å². The standard InChI is InChI=1S/C10H9N3O/c1-8(14)9(6-11)7-13-10-4-2-3-5-12-10/h2-5,7H,1H3,(H,12,13)/b9-7+. The summed E-state index contributed by atoms with van der Waals surface area (Å²) in [6.45, 7) is 1.34. The second kappa shape index (κ2) is 4.77. The fraction of sp³-hybridized carbons (Fsp3) is 0.100. The van der Waals surface area contributed by atoms with Crippen molar-refractivity contribution >= 4 is 11.6 Å². The van der Waals surface area contributed by atoms with E-state index >= 15 is 0 Å². The van der Waals surface area contributed by atoms with Crippen molar-refractivity contribution in [2.45, 2.75) is 6.92 Å². The first-order valence-electron chi connectivity index (χ1n) is 4.03. The fourth-order valence-electron chi connectivity index (χ4n) is 0.807. The van der Waals surface area contributed by atoms with Gasteiger partial charge in [0, 0.05) is 12.4 Å². The molecule has 1 heterocycles. The molecule has 1 aromatic rings. The van der Waals surface area contributed by atoms with Crippen molar-refractivity contribution < 1.29 is 4.79 Å². The van der Waals surface area contributed by atoms with Crippen LogP contribution in [0.5, 0.6) is 0 Å². The third-order valence-electron chi connectivity index (χ3n) is 1.53. The first-order chi connectivity index (χ1) is 6.74. The largest absolute Gasteiger partial charge is 0.345 e. The zero-order valence-corrected chi connectivity index (χ0v) is 7.69. The van der Waals surface area contributed by atoms with Crippen molar-refractivity contribution in [3.63, 3.8) is 0 Å². The quantitative estimate of drug-likeness (QED) is 0.575. The normalized spacial score (nSPS) is 10.4. The molecule has 0 aliphatic rings. The average Bonchev–Trinajstić information content (AvgIpc) is 2.20. The molecule has 0 amide bonds. The predicted molar refractivity (Wildman–Crippen MR) is 52.2 cm³/mol. The van der Waals surface area contributed by atoms with E-state index in [-0.39, 0.29) is 11.4 Å². The molecule has 0 atom stereocenters. The van der Waals surface area contributed by atoms with E-state index in [9.17, 15) is 4.79 Å². The van der Waals surface area contributed by atoms with Crippen LogP contribution in [0.15, 0.2) is 36.2 Å². The SMILES string of the molecule is CC(=O)/C(C#N)=C/Nc1ccccn1. The van der Waals surface area contributed by atoms with Gasteiger partial charge in [-0.25, -0.2) is 4.98 Å². The number of aromatic nitrogens is 1. The Morgan fingerprint density at radius 3 is 2.93 bits per heavy atom. The maximum atomic E-state index is 10.8. The molecule has 0 fully saturated rings. The summed E-state index contributed by atoms with van der Waals surface area (Å²) in [6, 6.07) is 7.13. The van der Waals surface area contributed by atoms with Gasteiger partial charge in [-0.3, -0.25) is 4.79 Å². The van der Waals surface area contributed by atoms with Crippen LogP contribution in [0, 0.1) is 11.3 Å². The molecule has 0 aromatic carbocycles. The van der Waals surface area contributed by atoms with E-state index in [0.717, 1.165) is 0 Å². The minimum absolute atomic E-state index is 0.0793. The Morgan fingerprint density at radius 2 is 2.43 bits per heavy atom. The molecule has 0 aliphatic carbocycles. The number of carbonyl (C=O) groups excluding carboxylic acids is 1. The molecular formula is C10H9N3O. The number of ketones is 1. The Bertz CT molecular complexity index is 390. The van der Waals surface area contributed by atoms with Crippen LogP contribution >= 0.6 is 0 Å². The first kappa shape index (κ1) is 9.93. The maximum Gasteiger partial charge on any atom is 0.171 e. The van der Waals surface area contributed by atoms with Crippen LogP contribution in [0.25, 0.3) is 0 Å². The molecule has 4 nitrogen and oxygen atoms in total. The van der Waals surface area contributed by atoms with Crippen LogP contribution < -0.4 is 5.32 Å². The number of pyridine rings is 1. The molecule has 0 spiro atoms. The predicted octanol–water partition coefficient (Wildman–Crippen LogP) is 1.49. The lowest BCUT2D eigenvalue weighted by Crippen LogP contribution is -1.98. The van der Waals surface area contributed by atoms with Gasteiger partial charge in [-0.05, 0) is 19.1 Å². The number of rotatable bonds is 3. The van der Waals surface area contributed by atoms with Gasteiger partial charge in [-0.15, -0.1) is 0 Å². The molecule has 14 heavy (non-hydrogen) atoms. The lowest BCUT2D eigenvalue weighted by atomic mass is 10.2. The molecule has 1 aromatic heterocycles. The van der Waals surface area contributed by atoms with Crippen LogP contribution in [0.3, 0.4) is 0 Å². The summed E-state index contributed by atoms with van der Waals surface area (Å²) < 4.78 is 0. The Labute approximate surface area is 81.9 Å². The van der Waals surface area contributed by atoms with Crippen molar-refractivity contribution in [3.8, 4) is 6.07 Å². The van der Waals surface area contributed by atoms with Crippen molar-refractivity contribution in [1.29, 1.82) is 5.26 Å². The first-order valence-corrected chi connectivity index (χ1v) is 4.03. The van der Waals surface area contributed by atoms with Gasteiger partial charge >= 0.3 is 0 Å². The molecule has 0 saturated carbocycles. The highest BCUT2D eigenvalue weighted by Gasteiger charge is 2.00. The monoisotopic (exact) mass is 187 g/mol. The summed E-state index contributed by atoms with van der Waals surface area (Å²) in [5.41, 5.74) is 0.0793. The highest BCUT2D eigenvalue weighted by Crippen LogP contribution is 2.01. The van der Waals surface area contributed by atoms with E-state index in [4.69, 9.17) is 5.26 Å². The van der Waals surface area contributed by atoms with Gasteiger partial charge in [0.15, 0.2) is 5.78 Å². The van der Waals surface area contributed by atoms with E-state index in [1.54, 1.807) is 24.4 Å². The third-order valence-corrected chi connectivity index (χ3v) is 1.53. The van der Waals surface area contributed by atoms with E-state index in [0.29, 0.717) is 5.82 Å². The smallest absolute Gasteiger partial charge is 0.171 e. The highest BCUT2D eigenvalue weighted by molar-refractivity contribution is 5.97. The summed E-state index contributed by atoms with van der Waals surface area (Å²) in [5.74, 6) is 0.331. The van der Waals surface area contributed by atoms with E-state index in [2.05, 4.69) is 10.3 Å². The summed E-state index contributed by atoms with van der Waals surface area (Å²) >= 11 is 0. The number of hydrogen-bond acceptors (Lipinski definition) is 4. The lowest BCUT2D eigenvalue weighted by molar-refractivity contribution is -0.113. The number of hydrogen-bond donors (Lipinski definition) is 1. The molecule has 70 valence electrons. The van der Waals surface area contributed by atoms with Crippen molar-refractivity contribution in [1.82, 2.24) is 4.98 Å². The van der Waals surface area contributed by atoms with E-state index in [1.165, 1.54) is 13.1 Å². The Balaban J connectivity index is 2.73. The van der Waals surface area contributed by atoms with Crippen LogP contribution in [-0.2, 0) is 4.79 Å². The Hall–Kier alpha value is -2.15. The van der Waals surface area contributed by atoms with Crippen LogP contribution in [0.1, 0.15) is 6.92 Å². The van der Waals surface area contributed by atoms with Gasteiger partial charge in [0.2, 0.25) is 0 Å². The Morgan fingerprint density at radius 1 is 1.64 bits per heavy atom. The minimum atomic E-state index is -0.268. The maximum absolute atomic E-state index is 10.8. The number of Topliss-reactive ketones (excluding diaryl/α,β-unsaturated/α-hetero) is 1. The average molecular weight is 187 g/mol. The van der Waals surface area contributed by atoms with Crippen molar-refractivity contribution in [3.05, 3.63) is 36.2 Å². The second-order valence-electron chi connectivity index (χ2n) is 2.59. The van der Waals surface area contributed by atoms with Gasteiger partial charge < -0.3 is 5.32 Å². The number of anilines is 1. The number of carbonyl (C=O) groups is 1. The molecule has 0 aliphatic heterocycles. The van der Waals surface area contributed by atoms with Gasteiger partial charge in [0.1, 0.15) is 17.5 Å². The van der Waals surface area contributed by atoms with E-state index in [1.807, 2.05) is 6.07 Å². The minimum Gasteiger partial charge on any atom is -0.345 e. The second-order valence-corrected chi connectivity index (χ2v) is 2.59. The summed E-state index contributed by atoms with van der Waals surface area (Å²) in [7, 11) is 0. The number of nitriles is 1. The van der Waals surface area contributed by atoms with Crippen LogP contribution in [0.4, 0.5) is 5.82 Å². The van der Waals surface area contributed by atoms with Gasteiger partial charge in [-0.1, -0.05) is 6.07 Å². The lowest BCUT2D eigenvalue weighted by Gasteiger charge is -1.98. The molecule has 0 bridgehead atoms. The Kier molecular flexibility index (Phi) is 3.39. The van der Waals surface area contributed by atoms with Gasteiger partial charge in [-0.2, -0.15) is 5.26 Å². The van der Waals surface area contributed by atoms with Crippen molar-refractivity contribution in [2.75, 3.05) is 5.32 Å². The summed E-state index contributed by atoms with van der Waals surface area (Å²) in [5, 5.41) is 11.3. The number of nitrogens with one attached hydrogen (secondary N) is 1. The van der Waals surface area contributed by atoms with Gasteiger partial charge in [0.25, 0.3) is 0 Å². The zero-order valence-electron chi connectivity index (χ0n) is 7.69. The molecular weight excluding hydrogens is 178 g/mol. The van der Waals surface area contributed by atoms with Crippen molar-refractivity contribution in [2.24, 2.45) is 0 Å². The third kappa shape index (κ3) is 2.72. The molecule has 1 N–H and O–H groups in total. The van der Waals surface area contributed by atoms with Crippen LogP contribution in [-0.4, -0.2) is 10.8 Å². The fourth-order valence-corrected chi connectivity index (χ4v) is 0.807. The summed E-state index contributed by atoms with van der Waals surface area (Å²) in [4.78, 5) is 14.8. The summed E-state index contributed by atoms with van der Waals surface area (Å²) in [6.07, 6.45) is 2.97. The molecule has 0 radical (unpaired) electrons. The van der Waals surface area contributed by atoms with Crippen LogP contribution in [0.2, 0.25) is 0 Å². The number of allylic oxidation sites excluding steroid dienone is 1. The molecule has 4 heteroatoms. The molecule has 1 rings (SSSR count). The molecule has 0 unspecified atom stereocenters. The van der Waals surface area contributed by atoms with E-state index < -0.39 is 0 Å². The van der Waals surface area contributed by atoms with Gasteiger partial charge in [0.05, 0.1) is 0 Å². The molecule has 0 saturated heterocycles. The number of nitrogens with zero attached hydrogens (tertiary/aromatic N) is 2. The highest BCUT2D eigenvalue weighted by atomic mass is 16.1. The zero-order chi connectivity index (χ0) is 10.4.